The fraction of sp³-hybridized carbons (Fsp3) is 0.500. The summed E-state index contributed by atoms with van der Waals surface area (Å²) in [6, 6.07) is 9.18. The van der Waals surface area contributed by atoms with Crippen LogP contribution in [0.5, 0.6) is 0 Å². The van der Waals surface area contributed by atoms with E-state index in [1.165, 1.54) is 12.8 Å². The molecule has 0 spiro atoms. The van der Waals surface area contributed by atoms with Gasteiger partial charge in [0, 0.05) is 39.4 Å². The fourth-order valence-electron chi connectivity index (χ4n) is 3.92. The van der Waals surface area contributed by atoms with Gasteiger partial charge in [0.05, 0.1) is 11.4 Å². The zero-order valence-corrected chi connectivity index (χ0v) is 17.9. The molecule has 0 saturated heterocycles. The number of nitrogens with one attached hydrogen (secondary N) is 2. The Labute approximate surface area is 179 Å². The van der Waals surface area contributed by atoms with Gasteiger partial charge in [0.1, 0.15) is 5.82 Å². The highest BCUT2D eigenvalue weighted by molar-refractivity contribution is 7.84. The number of anilines is 2. The van der Waals surface area contributed by atoms with Crippen molar-refractivity contribution in [1.82, 2.24) is 15.3 Å². The summed E-state index contributed by atoms with van der Waals surface area (Å²) in [5.74, 6) is 1.29. The highest BCUT2D eigenvalue weighted by Crippen LogP contribution is 2.25. The summed E-state index contributed by atoms with van der Waals surface area (Å²) in [5.41, 5.74) is 8.22. The van der Waals surface area contributed by atoms with Crippen LogP contribution in [0.1, 0.15) is 57.1 Å². The van der Waals surface area contributed by atoms with E-state index < -0.39 is 10.8 Å². The quantitative estimate of drug-likeness (QED) is 0.646. The van der Waals surface area contributed by atoms with Crippen LogP contribution in [-0.2, 0) is 16.6 Å². The maximum Gasteiger partial charge on any atom is 0.319 e. The maximum atomic E-state index is 12.7. The number of benzene rings is 1. The lowest BCUT2D eigenvalue weighted by molar-refractivity contribution is 0.240. The monoisotopic (exact) mass is 427 g/mol. The van der Waals surface area contributed by atoms with Crippen molar-refractivity contribution in [3.05, 3.63) is 36.0 Å². The zero-order valence-electron chi connectivity index (χ0n) is 17.1. The van der Waals surface area contributed by atoms with Crippen molar-refractivity contribution in [2.24, 2.45) is 0 Å². The molecule has 1 aromatic carbocycles. The summed E-state index contributed by atoms with van der Waals surface area (Å²) >= 11 is 0. The van der Waals surface area contributed by atoms with Crippen LogP contribution in [-0.4, -0.2) is 31.5 Å². The largest absolute Gasteiger partial charge is 0.384 e. The molecule has 2 aromatic rings. The molecular weight excluding hydrogens is 398 g/mol. The predicted octanol–water partition coefficient (Wildman–Crippen LogP) is 3.98. The Morgan fingerprint density at radius 2 is 1.77 bits per heavy atom. The van der Waals surface area contributed by atoms with Crippen LogP contribution in [0.4, 0.5) is 16.3 Å². The summed E-state index contributed by atoms with van der Waals surface area (Å²) < 4.78 is 12.7. The van der Waals surface area contributed by atoms with Gasteiger partial charge in [-0.1, -0.05) is 19.3 Å². The Balaban J connectivity index is 1.41. The van der Waals surface area contributed by atoms with E-state index in [2.05, 4.69) is 20.6 Å². The minimum absolute atomic E-state index is 0.180. The third-order valence-electron chi connectivity index (χ3n) is 5.85. The first-order valence-corrected chi connectivity index (χ1v) is 12.1. The van der Waals surface area contributed by atoms with Gasteiger partial charge in [0.25, 0.3) is 0 Å². The van der Waals surface area contributed by atoms with E-state index in [9.17, 15) is 9.00 Å². The van der Waals surface area contributed by atoms with Crippen LogP contribution in [0, 0.1) is 0 Å². The number of nitrogen functional groups attached to an aromatic ring is 1. The van der Waals surface area contributed by atoms with Crippen molar-refractivity contribution in [1.29, 1.82) is 0 Å². The average Bonchev–Trinajstić information content (AvgIpc) is 2.71. The normalized spacial score (nSPS) is 18.4. The van der Waals surface area contributed by atoms with Crippen LogP contribution >= 0.6 is 0 Å². The van der Waals surface area contributed by atoms with Gasteiger partial charge in [-0.15, -0.1) is 0 Å². The van der Waals surface area contributed by atoms with E-state index in [0.717, 1.165) is 44.1 Å². The molecule has 0 bridgehead atoms. The molecule has 4 rings (SSSR count). The first kappa shape index (κ1) is 20.8. The molecule has 2 fully saturated rings. The van der Waals surface area contributed by atoms with Crippen LogP contribution < -0.4 is 16.4 Å². The standard InChI is InChI=1S/C22H29N5O2S/c23-20-13-18(14-30(29)19-7-2-1-3-8-19)24-21(27-20)15-9-11-17(12-10-15)26-22(28)25-16-5-4-6-16/h9-13,16,19H,1-8,14H2,(H2,23,24,27)(H2,25,26,28). The van der Waals surface area contributed by atoms with Crippen molar-refractivity contribution in [3.8, 4) is 11.4 Å². The van der Waals surface area contributed by atoms with Crippen molar-refractivity contribution >= 4 is 28.3 Å². The van der Waals surface area contributed by atoms with Crippen LogP contribution in [0.2, 0.25) is 0 Å². The van der Waals surface area contributed by atoms with Crippen molar-refractivity contribution in [2.45, 2.75) is 68.4 Å². The molecule has 30 heavy (non-hydrogen) atoms. The highest BCUT2D eigenvalue weighted by Gasteiger charge is 2.21. The molecule has 4 N–H and O–H groups in total. The molecule has 8 heteroatoms. The summed E-state index contributed by atoms with van der Waals surface area (Å²) in [4.78, 5) is 20.9. The van der Waals surface area contributed by atoms with Crippen molar-refractivity contribution in [3.63, 3.8) is 0 Å². The second-order valence-electron chi connectivity index (χ2n) is 8.20. The van der Waals surface area contributed by atoms with Gasteiger partial charge in [0.2, 0.25) is 0 Å². The Kier molecular flexibility index (Phi) is 6.62. The first-order valence-electron chi connectivity index (χ1n) is 10.8. The molecule has 1 aromatic heterocycles. The summed E-state index contributed by atoms with van der Waals surface area (Å²) in [6.07, 6.45) is 8.90. The summed E-state index contributed by atoms with van der Waals surface area (Å²) in [5, 5.41) is 6.06. The maximum absolute atomic E-state index is 12.7. The molecule has 2 amide bonds. The Morgan fingerprint density at radius 1 is 1.03 bits per heavy atom. The molecule has 1 unspecified atom stereocenters. The molecule has 7 nitrogen and oxygen atoms in total. The number of urea groups is 1. The van der Waals surface area contributed by atoms with Crippen LogP contribution in [0.3, 0.4) is 0 Å². The molecule has 1 heterocycles. The first-order chi connectivity index (χ1) is 14.6. The molecule has 2 aliphatic rings. The van der Waals surface area contributed by atoms with E-state index in [-0.39, 0.29) is 11.3 Å². The lowest BCUT2D eigenvalue weighted by Crippen LogP contribution is -2.41. The van der Waals surface area contributed by atoms with Gasteiger partial charge in [0.15, 0.2) is 5.82 Å². The molecule has 160 valence electrons. The molecule has 0 radical (unpaired) electrons. The topological polar surface area (TPSA) is 110 Å². The average molecular weight is 428 g/mol. The predicted molar refractivity (Wildman–Crippen MR) is 120 cm³/mol. The van der Waals surface area contributed by atoms with Gasteiger partial charge in [-0.25, -0.2) is 14.8 Å². The van der Waals surface area contributed by atoms with E-state index in [1.54, 1.807) is 6.07 Å². The number of amides is 2. The minimum Gasteiger partial charge on any atom is -0.384 e. The highest BCUT2D eigenvalue weighted by atomic mass is 32.2. The molecule has 1 atom stereocenters. The van der Waals surface area contributed by atoms with E-state index >= 15 is 0 Å². The lowest BCUT2D eigenvalue weighted by Gasteiger charge is -2.26. The number of hydrogen-bond acceptors (Lipinski definition) is 5. The van der Waals surface area contributed by atoms with Crippen LogP contribution in [0.15, 0.2) is 30.3 Å². The number of carbonyl (C=O) groups excluding carboxylic acids is 1. The summed E-state index contributed by atoms with van der Waals surface area (Å²) in [6.45, 7) is 0. The molecular formula is C22H29N5O2S. The number of nitrogens with zero attached hydrogens (tertiary/aromatic N) is 2. The SMILES string of the molecule is Nc1cc(CS(=O)C2CCCCC2)nc(-c2ccc(NC(=O)NC3CCC3)cc2)n1. The smallest absolute Gasteiger partial charge is 0.319 e. The lowest BCUT2D eigenvalue weighted by atomic mass is 9.93. The Bertz CT molecular complexity index is 908. The number of aromatic nitrogens is 2. The van der Waals surface area contributed by atoms with Gasteiger partial charge in [-0.2, -0.15) is 0 Å². The number of nitrogens with two attached hydrogens (primary N) is 1. The number of hydrogen-bond donors (Lipinski definition) is 3. The molecule has 0 aliphatic heterocycles. The molecule has 2 aliphatic carbocycles. The third kappa shape index (κ3) is 5.36. The second kappa shape index (κ2) is 9.55. The molecule has 2 saturated carbocycles. The number of rotatable bonds is 6. The van der Waals surface area contributed by atoms with Crippen LogP contribution in [0.25, 0.3) is 11.4 Å². The number of carbonyl (C=O) groups is 1. The van der Waals surface area contributed by atoms with Gasteiger partial charge >= 0.3 is 6.03 Å². The zero-order chi connectivity index (χ0) is 20.9. The van der Waals surface area contributed by atoms with Gasteiger partial charge in [-0.05, 0) is 56.4 Å². The van der Waals surface area contributed by atoms with Crippen molar-refractivity contribution in [2.75, 3.05) is 11.1 Å². The van der Waals surface area contributed by atoms with Crippen molar-refractivity contribution < 1.29 is 9.00 Å². The third-order valence-corrected chi connectivity index (χ3v) is 7.65. The second-order valence-corrected chi connectivity index (χ2v) is 9.91. The minimum atomic E-state index is -0.942. The summed E-state index contributed by atoms with van der Waals surface area (Å²) in [7, 11) is -0.942. The van der Waals surface area contributed by atoms with Gasteiger partial charge < -0.3 is 16.4 Å². The Hall–Kier alpha value is -2.48. The van der Waals surface area contributed by atoms with E-state index in [1.807, 2.05) is 24.3 Å². The van der Waals surface area contributed by atoms with E-state index in [4.69, 9.17) is 5.73 Å². The van der Waals surface area contributed by atoms with E-state index in [0.29, 0.717) is 34.8 Å². The Morgan fingerprint density at radius 3 is 2.43 bits per heavy atom. The van der Waals surface area contributed by atoms with Gasteiger partial charge in [-0.3, -0.25) is 4.21 Å². The fourth-order valence-corrected chi connectivity index (χ4v) is 5.46.